The summed E-state index contributed by atoms with van der Waals surface area (Å²) in [5.74, 6) is 0.0278. The van der Waals surface area contributed by atoms with Crippen LogP contribution < -0.4 is 4.90 Å². The third-order valence-corrected chi connectivity index (χ3v) is 3.23. The summed E-state index contributed by atoms with van der Waals surface area (Å²) in [7, 11) is 1.95. The maximum Gasteiger partial charge on any atom is 0.123 e. The number of aromatic nitrogens is 1. The zero-order valence-corrected chi connectivity index (χ0v) is 11.8. The number of hydrogen-bond acceptors (Lipinski definition) is 2. The van der Waals surface area contributed by atoms with Crippen molar-refractivity contribution >= 4 is 17.3 Å². The average Bonchev–Trinajstić information content (AvgIpc) is 2.38. The van der Waals surface area contributed by atoms with Crippen molar-refractivity contribution in [3.05, 3.63) is 59.2 Å². The molecule has 0 amide bonds. The molecule has 0 fully saturated rings. The molecule has 1 heterocycles. The van der Waals surface area contributed by atoms with E-state index in [9.17, 15) is 4.39 Å². The SMILES string of the molecule is Cc1cccc(CN(C)c2ccc(F)cc2CCl)n1. The van der Waals surface area contributed by atoms with E-state index in [0.717, 1.165) is 22.6 Å². The molecule has 19 heavy (non-hydrogen) atoms. The van der Waals surface area contributed by atoms with E-state index in [4.69, 9.17) is 11.6 Å². The fourth-order valence-corrected chi connectivity index (χ4v) is 2.26. The second-order valence-electron chi connectivity index (χ2n) is 4.53. The van der Waals surface area contributed by atoms with Crippen LogP contribution in [0.25, 0.3) is 0 Å². The number of pyridine rings is 1. The van der Waals surface area contributed by atoms with Gasteiger partial charge in [0, 0.05) is 24.3 Å². The molecule has 2 aromatic rings. The Morgan fingerprint density at radius 3 is 2.74 bits per heavy atom. The molecule has 0 N–H and O–H groups in total. The summed E-state index contributed by atoms with van der Waals surface area (Å²) >= 11 is 5.87. The minimum atomic E-state index is -0.263. The fourth-order valence-electron chi connectivity index (χ4n) is 2.05. The van der Waals surface area contributed by atoms with Gasteiger partial charge in [-0.1, -0.05) is 6.07 Å². The van der Waals surface area contributed by atoms with Crippen molar-refractivity contribution in [1.82, 2.24) is 4.98 Å². The lowest BCUT2D eigenvalue weighted by atomic mass is 10.1. The number of hydrogen-bond donors (Lipinski definition) is 0. The molecule has 0 atom stereocenters. The van der Waals surface area contributed by atoms with Crippen molar-refractivity contribution in [2.24, 2.45) is 0 Å². The number of rotatable bonds is 4. The van der Waals surface area contributed by atoms with Gasteiger partial charge in [-0.2, -0.15) is 0 Å². The number of benzene rings is 1. The maximum absolute atomic E-state index is 13.2. The molecule has 0 saturated heterocycles. The van der Waals surface area contributed by atoms with E-state index in [1.807, 2.05) is 37.1 Å². The van der Waals surface area contributed by atoms with Gasteiger partial charge in [0.1, 0.15) is 5.82 Å². The molecule has 100 valence electrons. The molecular formula is C15H16ClFN2. The van der Waals surface area contributed by atoms with Crippen LogP contribution in [0.2, 0.25) is 0 Å². The van der Waals surface area contributed by atoms with E-state index in [1.54, 1.807) is 6.07 Å². The van der Waals surface area contributed by atoms with Gasteiger partial charge in [-0.25, -0.2) is 4.39 Å². The Bertz CT molecular complexity index is 572. The summed E-state index contributed by atoms with van der Waals surface area (Å²) in [6, 6.07) is 10.6. The summed E-state index contributed by atoms with van der Waals surface area (Å²) in [5.41, 5.74) is 3.69. The Kier molecular flexibility index (Phi) is 4.38. The van der Waals surface area contributed by atoms with Gasteiger partial charge >= 0.3 is 0 Å². The molecule has 0 spiro atoms. The van der Waals surface area contributed by atoms with Crippen molar-refractivity contribution in [2.75, 3.05) is 11.9 Å². The number of halogens is 2. The first-order valence-corrected chi connectivity index (χ1v) is 6.61. The summed E-state index contributed by atoms with van der Waals surface area (Å²) in [6.45, 7) is 2.63. The average molecular weight is 279 g/mol. The van der Waals surface area contributed by atoms with Crippen LogP contribution in [0.3, 0.4) is 0 Å². The van der Waals surface area contributed by atoms with Crippen LogP contribution in [-0.2, 0) is 12.4 Å². The molecule has 0 unspecified atom stereocenters. The van der Waals surface area contributed by atoms with Crippen molar-refractivity contribution in [2.45, 2.75) is 19.3 Å². The lowest BCUT2D eigenvalue weighted by Crippen LogP contribution is -2.18. The molecule has 0 aliphatic rings. The predicted molar refractivity (Wildman–Crippen MR) is 77.0 cm³/mol. The third-order valence-electron chi connectivity index (χ3n) is 2.94. The Morgan fingerprint density at radius 2 is 2.05 bits per heavy atom. The first-order valence-electron chi connectivity index (χ1n) is 6.08. The highest BCUT2D eigenvalue weighted by Gasteiger charge is 2.09. The fraction of sp³-hybridized carbons (Fsp3) is 0.267. The minimum absolute atomic E-state index is 0.263. The molecule has 1 aromatic carbocycles. The second kappa shape index (κ2) is 6.02. The Labute approximate surface area is 117 Å². The Morgan fingerprint density at radius 1 is 1.26 bits per heavy atom. The third kappa shape index (κ3) is 3.44. The molecule has 2 rings (SSSR count). The molecular weight excluding hydrogens is 263 g/mol. The number of anilines is 1. The monoisotopic (exact) mass is 278 g/mol. The zero-order valence-electron chi connectivity index (χ0n) is 11.0. The van der Waals surface area contributed by atoms with Gasteiger partial charge in [0.15, 0.2) is 0 Å². The van der Waals surface area contributed by atoms with Crippen molar-refractivity contribution in [3.63, 3.8) is 0 Å². The molecule has 2 nitrogen and oxygen atoms in total. The summed E-state index contributed by atoms with van der Waals surface area (Å²) < 4.78 is 13.2. The number of alkyl halides is 1. The Hall–Kier alpha value is -1.61. The summed E-state index contributed by atoms with van der Waals surface area (Å²) in [5, 5.41) is 0. The smallest absolute Gasteiger partial charge is 0.123 e. The largest absolute Gasteiger partial charge is 0.368 e. The summed E-state index contributed by atoms with van der Waals surface area (Å²) in [6.07, 6.45) is 0. The first kappa shape index (κ1) is 13.8. The number of nitrogens with zero attached hydrogens (tertiary/aromatic N) is 2. The van der Waals surface area contributed by atoms with E-state index in [-0.39, 0.29) is 5.82 Å². The molecule has 4 heteroatoms. The van der Waals surface area contributed by atoms with Crippen LogP contribution in [0.5, 0.6) is 0 Å². The van der Waals surface area contributed by atoms with Crippen molar-refractivity contribution in [1.29, 1.82) is 0 Å². The van der Waals surface area contributed by atoms with E-state index in [2.05, 4.69) is 4.98 Å². The van der Waals surface area contributed by atoms with E-state index >= 15 is 0 Å². The van der Waals surface area contributed by atoms with Gasteiger partial charge in [-0.3, -0.25) is 4.98 Å². The second-order valence-corrected chi connectivity index (χ2v) is 4.80. The van der Waals surface area contributed by atoms with Gasteiger partial charge in [0.05, 0.1) is 12.2 Å². The molecule has 0 bridgehead atoms. The lowest BCUT2D eigenvalue weighted by Gasteiger charge is -2.21. The van der Waals surface area contributed by atoms with Gasteiger partial charge in [-0.05, 0) is 42.8 Å². The standard InChI is InChI=1S/C15H16ClFN2/c1-11-4-3-5-14(18-11)10-19(2)15-7-6-13(17)8-12(15)9-16/h3-8H,9-10H2,1-2H3. The Balaban J connectivity index is 2.22. The van der Waals surface area contributed by atoms with Crippen LogP contribution in [0.1, 0.15) is 17.0 Å². The van der Waals surface area contributed by atoms with Gasteiger partial charge in [0.25, 0.3) is 0 Å². The lowest BCUT2D eigenvalue weighted by molar-refractivity contribution is 0.626. The molecule has 0 radical (unpaired) electrons. The molecule has 0 aliphatic carbocycles. The first-order chi connectivity index (χ1) is 9.10. The van der Waals surface area contributed by atoms with Crippen LogP contribution in [0.4, 0.5) is 10.1 Å². The van der Waals surface area contributed by atoms with Crippen molar-refractivity contribution < 1.29 is 4.39 Å². The van der Waals surface area contributed by atoms with E-state index < -0.39 is 0 Å². The van der Waals surface area contributed by atoms with Gasteiger partial charge in [0.2, 0.25) is 0 Å². The van der Waals surface area contributed by atoms with Crippen LogP contribution in [0, 0.1) is 12.7 Å². The molecule has 1 aromatic heterocycles. The highest BCUT2D eigenvalue weighted by atomic mass is 35.5. The van der Waals surface area contributed by atoms with Crippen LogP contribution >= 0.6 is 11.6 Å². The molecule has 0 saturated carbocycles. The van der Waals surface area contributed by atoms with Gasteiger partial charge in [-0.15, -0.1) is 11.6 Å². The van der Waals surface area contributed by atoms with E-state index in [0.29, 0.717) is 12.4 Å². The highest BCUT2D eigenvalue weighted by molar-refractivity contribution is 6.17. The quantitative estimate of drug-likeness (QED) is 0.789. The number of aryl methyl sites for hydroxylation is 1. The summed E-state index contributed by atoms with van der Waals surface area (Å²) in [4.78, 5) is 6.49. The highest BCUT2D eigenvalue weighted by Crippen LogP contribution is 2.23. The minimum Gasteiger partial charge on any atom is -0.368 e. The topological polar surface area (TPSA) is 16.1 Å². The van der Waals surface area contributed by atoms with Crippen molar-refractivity contribution in [3.8, 4) is 0 Å². The normalized spacial score (nSPS) is 10.5. The zero-order chi connectivity index (χ0) is 13.8. The van der Waals surface area contributed by atoms with Crippen LogP contribution in [-0.4, -0.2) is 12.0 Å². The van der Waals surface area contributed by atoms with E-state index in [1.165, 1.54) is 12.1 Å². The maximum atomic E-state index is 13.2. The predicted octanol–water partition coefficient (Wildman–Crippen LogP) is 3.90. The molecule has 0 aliphatic heterocycles. The van der Waals surface area contributed by atoms with Crippen LogP contribution in [0.15, 0.2) is 36.4 Å². The van der Waals surface area contributed by atoms with Gasteiger partial charge < -0.3 is 4.90 Å².